The fourth-order valence-corrected chi connectivity index (χ4v) is 2.08. The molecule has 0 amide bonds. The van der Waals surface area contributed by atoms with Gasteiger partial charge in [0.15, 0.2) is 0 Å². The molecule has 1 aromatic carbocycles. The Labute approximate surface area is 120 Å². The molecule has 0 saturated carbocycles. The number of aryl methyl sites for hydroxylation is 1. The van der Waals surface area contributed by atoms with Crippen LogP contribution in [0.4, 0.5) is 0 Å². The largest absolute Gasteiger partial charge is 0.481 e. The summed E-state index contributed by atoms with van der Waals surface area (Å²) in [6.45, 7) is 5.91. The number of carbonyl (C=O) groups is 1. The van der Waals surface area contributed by atoms with Gasteiger partial charge in [-0.25, -0.2) is 0 Å². The zero-order valence-electron chi connectivity index (χ0n) is 12.4. The fourth-order valence-electron chi connectivity index (χ4n) is 2.08. The van der Waals surface area contributed by atoms with Crippen LogP contribution >= 0.6 is 0 Å². The van der Waals surface area contributed by atoms with Crippen LogP contribution < -0.4 is 0 Å². The van der Waals surface area contributed by atoms with Crippen LogP contribution in [0.3, 0.4) is 0 Å². The second-order valence-electron chi connectivity index (χ2n) is 5.44. The minimum Gasteiger partial charge on any atom is -0.481 e. The van der Waals surface area contributed by atoms with Gasteiger partial charge in [-0.3, -0.25) is 4.79 Å². The smallest absolute Gasteiger partial charge is 0.306 e. The number of carboxylic acid groups (broad SMARTS) is 1. The second-order valence-corrected chi connectivity index (χ2v) is 5.44. The summed E-state index contributed by atoms with van der Waals surface area (Å²) < 4.78 is 5.32. The normalized spacial score (nSPS) is 14.2. The first-order valence-corrected chi connectivity index (χ1v) is 6.97. The number of hydrogen-bond donors (Lipinski definition) is 2. The van der Waals surface area contributed by atoms with E-state index in [1.807, 2.05) is 45.0 Å². The summed E-state index contributed by atoms with van der Waals surface area (Å²) >= 11 is 0. The van der Waals surface area contributed by atoms with Gasteiger partial charge in [0.05, 0.1) is 24.7 Å². The van der Waals surface area contributed by atoms with Crippen molar-refractivity contribution in [2.24, 2.45) is 5.92 Å². The Morgan fingerprint density at radius 2 is 1.95 bits per heavy atom. The second kappa shape index (κ2) is 8.02. The van der Waals surface area contributed by atoms with Gasteiger partial charge in [0.1, 0.15) is 0 Å². The van der Waals surface area contributed by atoms with Crippen LogP contribution in [0, 0.1) is 12.8 Å². The molecule has 0 spiro atoms. The van der Waals surface area contributed by atoms with Crippen molar-refractivity contribution >= 4 is 5.97 Å². The lowest BCUT2D eigenvalue weighted by atomic mass is 9.92. The van der Waals surface area contributed by atoms with Gasteiger partial charge < -0.3 is 14.9 Å². The average molecular weight is 280 g/mol. The zero-order valence-corrected chi connectivity index (χ0v) is 12.4. The van der Waals surface area contributed by atoms with Crippen molar-refractivity contribution in [1.29, 1.82) is 0 Å². The molecule has 20 heavy (non-hydrogen) atoms. The fraction of sp³-hybridized carbons (Fsp3) is 0.562. The van der Waals surface area contributed by atoms with Crippen molar-refractivity contribution in [3.8, 4) is 0 Å². The van der Waals surface area contributed by atoms with Crippen molar-refractivity contribution in [2.75, 3.05) is 6.61 Å². The average Bonchev–Trinajstić information content (AvgIpc) is 2.38. The highest BCUT2D eigenvalue weighted by Gasteiger charge is 2.22. The van der Waals surface area contributed by atoms with E-state index < -0.39 is 18.0 Å². The van der Waals surface area contributed by atoms with E-state index in [1.54, 1.807) is 0 Å². The Morgan fingerprint density at radius 1 is 1.30 bits per heavy atom. The molecule has 0 aliphatic carbocycles. The summed E-state index contributed by atoms with van der Waals surface area (Å²) in [5, 5.41) is 19.2. The van der Waals surface area contributed by atoms with Crippen LogP contribution in [0.5, 0.6) is 0 Å². The molecule has 0 radical (unpaired) electrons. The Bertz CT molecular complexity index is 428. The molecule has 4 heteroatoms. The van der Waals surface area contributed by atoms with E-state index in [0.717, 1.165) is 11.1 Å². The van der Waals surface area contributed by atoms with E-state index in [0.29, 0.717) is 6.42 Å². The number of ether oxygens (including phenoxy) is 1. The van der Waals surface area contributed by atoms with Gasteiger partial charge in [0, 0.05) is 0 Å². The maximum atomic E-state index is 11.3. The summed E-state index contributed by atoms with van der Waals surface area (Å²) in [6, 6.07) is 7.73. The number of carboxylic acids is 1. The molecule has 0 aliphatic rings. The summed E-state index contributed by atoms with van der Waals surface area (Å²) in [4.78, 5) is 11.3. The summed E-state index contributed by atoms with van der Waals surface area (Å²) in [5.41, 5.74) is 2.09. The first-order valence-electron chi connectivity index (χ1n) is 6.97. The minimum atomic E-state index is -0.878. The monoisotopic (exact) mass is 280 g/mol. The molecule has 0 bridgehead atoms. The highest BCUT2D eigenvalue weighted by atomic mass is 16.5. The van der Waals surface area contributed by atoms with Crippen molar-refractivity contribution in [3.63, 3.8) is 0 Å². The van der Waals surface area contributed by atoms with Gasteiger partial charge in [-0.15, -0.1) is 0 Å². The molecule has 1 rings (SSSR count). The molecule has 4 nitrogen and oxygen atoms in total. The maximum Gasteiger partial charge on any atom is 0.306 e. The predicted molar refractivity (Wildman–Crippen MR) is 77.7 cm³/mol. The molecule has 2 N–H and O–H groups in total. The Balaban J connectivity index is 2.61. The Kier molecular flexibility index (Phi) is 6.68. The van der Waals surface area contributed by atoms with Gasteiger partial charge in [-0.2, -0.15) is 0 Å². The van der Waals surface area contributed by atoms with E-state index in [4.69, 9.17) is 4.74 Å². The minimum absolute atomic E-state index is 0.0318. The Morgan fingerprint density at radius 3 is 2.50 bits per heavy atom. The molecular formula is C16H24O4. The van der Waals surface area contributed by atoms with Gasteiger partial charge in [-0.1, -0.05) is 24.3 Å². The van der Waals surface area contributed by atoms with Gasteiger partial charge >= 0.3 is 5.97 Å². The van der Waals surface area contributed by atoms with Crippen molar-refractivity contribution < 1.29 is 19.7 Å². The topological polar surface area (TPSA) is 66.8 Å². The van der Waals surface area contributed by atoms with Crippen molar-refractivity contribution in [1.82, 2.24) is 0 Å². The predicted octanol–water partition coefficient (Wildman–Crippen LogP) is 2.41. The van der Waals surface area contributed by atoms with Gasteiger partial charge in [-0.05, 0) is 44.7 Å². The first kappa shape index (κ1) is 16.7. The lowest BCUT2D eigenvalue weighted by Gasteiger charge is -2.19. The van der Waals surface area contributed by atoms with E-state index in [1.165, 1.54) is 0 Å². The van der Waals surface area contributed by atoms with Crippen LogP contribution in [0.15, 0.2) is 24.3 Å². The molecule has 2 atom stereocenters. The highest BCUT2D eigenvalue weighted by Crippen LogP contribution is 2.18. The third kappa shape index (κ3) is 5.72. The Hall–Kier alpha value is -1.39. The molecule has 112 valence electrons. The zero-order chi connectivity index (χ0) is 15.1. The number of hydrogen-bond acceptors (Lipinski definition) is 3. The number of aliphatic hydroxyl groups is 1. The summed E-state index contributed by atoms with van der Waals surface area (Å²) in [5.74, 6) is -1.47. The maximum absolute atomic E-state index is 11.3. The number of benzene rings is 1. The van der Waals surface area contributed by atoms with Crippen molar-refractivity contribution in [2.45, 2.75) is 45.8 Å². The van der Waals surface area contributed by atoms with E-state index in [-0.39, 0.29) is 19.1 Å². The molecule has 0 aliphatic heterocycles. The molecule has 0 saturated heterocycles. The molecule has 0 fully saturated rings. The SMILES string of the molecule is Cc1ccccc1CC(CC(O)COC(C)C)C(=O)O. The lowest BCUT2D eigenvalue weighted by Crippen LogP contribution is -2.27. The molecule has 0 aromatic heterocycles. The van der Waals surface area contributed by atoms with E-state index >= 15 is 0 Å². The van der Waals surface area contributed by atoms with Crippen molar-refractivity contribution in [3.05, 3.63) is 35.4 Å². The van der Waals surface area contributed by atoms with Crippen LogP contribution in [0.1, 0.15) is 31.4 Å². The van der Waals surface area contributed by atoms with Crippen LogP contribution in [-0.4, -0.2) is 35.0 Å². The number of aliphatic carboxylic acids is 1. The quantitative estimate of drug-likeness (QED) is 0.767. The van der Waals surface area contributed by atoms with Gasteiger partial charge in [0.2, 0.25) is 0 Å². The van der Waals surface area contributed by atoms with Crippen LogP contribution in [-0.2, 0) is 16.0 Å². The standard InChI is InChI=1S/C16H24O4/c1-11(2)20-10-15(17)9-14(16(18)19)8-13-7-5-4-6-12(13)3/h4-7,11,14-15,17H,8-10H2,1-3H3,(H,18,19). The summed E-state index contributed by atoms with van der Waals surface area (Å²) in [7, 11) is 0. The summed E-state index contributed by atoms with van der Waals surface area (Å²) in [6.07, 6.45) is -0.0799. The highest BCUT2D eigenvalue weighted by molar-refractivity contribution is 5.70. The molecule has 2 unspecified atom stereocenters. The van der Waals surface area contributed by atoms with Crippen LogP contribution in [0.25, 0.3) is 0 Å². The third-order valence-corrected chi connectivity index (χ3v) is 3.26. The third-order valence-electron chi connectivity index (χ3n) is 3.26. The number of rotatable bonds is 8. The molecule has 1 aromatic rings. The first-order chi connectivity index (χ1) is 9.40. The van der Waals surface area contributed by atoms with E-state index in [9.17, 15) is 15.0 Å². The van der Waals surface area contributed by atoms with E-state index in [2.05, 4.69) is 0 Å². The van der Waals surface area contributed by atoms with Gasteiger partial charge in [0.25, 0.3) is 0 Å². The number of aliphatic hydroxyl groups excluding tert-OH is 1. The molecule has 0 heterocycles. The van der Waals surface area contributed by atoms with Crippen LogP contribution in [0.2, 0.25) is 0 Å². The molecular weight excluding hydrogens is 256 g/mol. The lowest BCUT2D eigenvalue weighted by molar-refractivity contribution is -0.143.